The summed E-state index contributed by atoms with van der Waals surface area (Å²) in [7, 11) is 0. The number of nitrogens with one attached hydrogen (secondary N) is 1. The van der Waals surface area contributed by atoms with Crippen molar-refractivity contribution in [2.24, 2.45) is 5.92 Å². The number of likely N-dealkylation sites (tertiary alicyclic amines) is 1. The van der Waals surface area contributed by atoms with Gasteiger partial charge in [0.15, 0.2) is 11.4 Å². The molecule has 4 rings (SSSR count). The summed E-state index contributed by atoms with van der Waals surface area (Å²) in [5.74, 6) is 0.684. The van der Waals surface area contributed by atoms with Gasteiger partial charge in [-0.3, -0.25) is 4.79 Å². The number of alkyl halides is 3. The highest BCUT2D eigenvalue weighted by atomic mass is 19.4. The van der Waals surface area contributed by atoms with Crippen molar-refractivity contribution >= 4 is 11.9 Å². The lowest BCUT2D eigenvalue weighted by atomic mass is 10.1. The van der Waals surface area contributed by atoms with Crippen LogP contribution in [0.3, 0.4) is 0 Å². The summed E-state index contributed by atoms with van der Waals surface area (Å²) < 4.78 is 43.7. The van der Waals surface area contributed by atoms with Crippen LogP contribution in [0.25, 0.3) is 0 Å². The van der Waals surface area contributed by atoms with Gasteiger partial charge in [-0.2, -0.15) is 13.2 Å². The first-order valence-corrected chi connectivity index (χ1v) is 9.83. The highest BCUT2D eigenvalue weighted by molar-refractivity contribution is 5.95. The number of hydrogen-bond acceptors (Lipinski definition) is 6. The molecule has 2 aromatic rings. The number of fused-ring (bicyclic) bond motifs is 2. The number of ether oxygens (including phenoxy) is 1. The predicted octanol–water partition coefficient (Wildman–Crippen LogP) is 3.31. The molecule has 2 bridgehead atoms. The van der Waals surface area contributed by atoms with Crippen LogP contribution in [0, 0.1) is 12.8 Å². The quantitative estimate of drug-likeness (QED) is 0.798. The highest BCUT2D eigenvalue weighted by Gasteiger charge is 2.48. The summed E-state index contributed by atoms with van der Waals surface area (Å²) in [5, 5.41) is 3.10. The molecule has 0 aromatic carbocycles. The summed E-state index contributed by atoms with van der Waals surface area (Å²) in [6.45, 7) is 4.70. The summed E-state index contributed by atoms with van der Waals surface area (Å²) in [5.41, 5.74) is 0.111. The van der Waals surface area contributed by atoms with Gasteiger partial charge in [0.1, 0.15) is 0 Å². The Morgan fingerprint density at radius 1 is 1.27 bits per heavy atom. The van der Waals surface area contributed by atoms with Gasteiger partial charge in [-0.15, -0.1) is 0 Å². The van der Waals surface area contributed by atoms with E-state index >= 15 is 0 Å². The topological polar surface area (TPSA) is 80.2 Å². The van der Waals surface area contributed by atoms with E-state index in [1.54, 1.807) is 17.0 Å². The van der Waals surface area contributed by atoms with Crippen LogP contribution in [-0.4, -0.2) is 51.0 Å². The molecule has 3 heterocycles. The van der Waals surface area contributed by atoms with Crippen LogP contribution >= 0.6 is 0 Å². The van der Waals surface area contributed by atoms with Crippen LogP contribution in [0.2, 0.25) is 0 Å². The number of carbonyl (C=O) groups excluding carboxylic acids is 1. The number of aromatic nitrogens is 3. The van der Waals surface area contributed by atoms with E-state index in [4.69, 9.17) is 4.74 Å². The van der Waals surface area contributed by atoms with Gasteiger partial charge in [0.05, 0.1) is 18.2 Å². The smallest absolute Gasteiger partial charge is 0.419 e. The summed E-state index contributed by atoms with van der Waals surface area (Å²) in [6.07, 6.45) is -1.33. The number of carbonyl (C=O) groups is 1. The van der Waals surface area contributed by atoms with E-state index in [2.05, 4.69) is 20.3 Å². The van der Waals surface area contributed by atoms with Crippen LogP contribution in [0.15, 0.2) is 24.5 Å². The SMILES string of the molecule is CCOc1ccc(C)nc1C(=O)N1C[C@@H]2C[C@@H](Nc3ncc(C(F)(F)F)cn3)[C@@H]1C2. The van der Waals surface area contributed by atoms with E-state index in [1.165, 1.54) is 0 Å². The van der Waals surface area contributed by atoms with Crippen molar-refractivity contribution in [1.82, 2.24) is 19.9 Å². The Morgan fingerprint density at radius 2 is 2.00 bits per heavy atom. The number of anilines is 1. The Hall–Kier alpha value is -2.91. The van der Waals surface area contributed by atoms with E-state index in [0.717, 1.165) is 30.9 Å². The molecule has 0 spiro atoms. The first-order valence-electron chi connectivity index (χ1n) is 9.83. The van der Waals surface area contributed by atoms with E-state index < -0.39 is 11.7 Å². The number of halogens is 3. The zero-order chi connectivity index (χ0) is 21.5. The van der Waals surface area contributed by atoms with Crippen LogP contribution in [-0.2, 0) is 6.18 Å². The Bertz CT molecular complexity index is 935. The van der Waals surface area contributed by atoms with E-state index in [9.17, 15) is 18.0 Å². The molecule has 0 unspecified atom stereocenters. The Kier molecular flexibility index (Phi) is 5.25. The first kappa shape index (κ1) is 20.4. The number of amides is 1. The summed E-state index contributed by atoms with van der Waals surface area (Å²) in [6, 6.07) is 3.30. The van der Waals surface area contributed by atoms with Gasteiger partial charge in [0.2, 0.25) is 5.95 Å². The van der Waals surface area contributed by atoms with Crippen molar-refractivity contribution in [1.29, 1.82) is 0 Å². The largest absolute Gasteiger partial charge is 0.491 e. The normalized spacial score (nSPS) is 23.0. The molecule has 7 nitrogen and oxygen atoms in total. The van der Waals surface area contributed by atoms with Crippen LogP contribution in [0.5, 0.6) is 5.75 Å². The van der Waals surface area contributed by atoms with Gasteiger partial charge < -0.3 is 15.0 Å². The lowest BCUT2D eigenvalue weighted by molar-refractivity contribution is -0.138. The minimum Gasteiger partial charge on any atom is -0.491 e. The number of piperidine rings is 1. The third-order valence-corrected chi connectivity index (χ3v) is 5.54. The molecule has 2 aliphatic rings. The zero-order valence-electron chi connectivity index (χ0n) is 16.6. The van der Waals surface area contributed by atoms with Gasteiger partial charge in [-0.25, -0.2) is 15.0 Å². The molecule has 2 aromatic heterocycles. The van der Waals surface area contributed by atoms with E-state index in [1.807, 2.05) is 13.8 Å². The Labute approximate surface area is 171 Å². The van der Waals surface area contributed by atoms with Gasteiger partial charge in [-0.05, 0) is 44.7 Å². The fraction of sp³-hybridized carbons (Fsp3) is 0.500. The van der Waals surface area contributed by atoms with Crippen LogP contribution in [0.1, 0.15) is 41.5 Å². The van der Waals surface area contributed by atoms with Crippen LogP contribution < -0.4 is 10.1 Å². The fourth-order valence-corrected chi connectivity index (χ4v) is 4.23. The summed E-state index contributed by atoms with van der Waals surface area (Å²) in [4.78, 5) is 27.0. The highest BCUT2D eigenvalue weighted by Crippen LogP contribution is 2.40. The second-order valence-corrected chi connectivity index (χ2v) is 7.64. The van der Waals surface area contributed by atoms with E-state index in [-0.39, 0.29) is 29.6 Å². The molecule has 1 N–H and O–H groups in total. The second kappa shape index (κ2) is 7.73. The molecule has 2 fully saturated rings. The molecular formula is C20H22F3N5O2. The number of hydrogen-bond donors (Lipinski definition) is 1. The molecule has 3 atom stereocenters. The second-order valence-electron chi connectivity index (χ2n) is 7.64. The molecule has 1 saturated heterocycles. The number of nitrogens with zero attached hydrogens (tertiary/aromatic N) is 4. The predicted molar refractivity (Wildman–Crippen MR) is 102 cm³/mol. The maximum atomic E-state index is 13.2. The Morgan fingerprint density at radius 3 is 2.63 bits per heavy atom. The van der Waals surface area contributed by atoms with Crippen LogP contribution in [0.4, 0.5) is 19.1 Å². The number of rotatable bonds is 5. The van der Waals surface area contributed by atoms with Gasteiger partial charge >= 0.3 is 6.18 Å². The maximum Gasteiger partial charge on any atom is 0.419 e. The van der Waals surface area contributed by atoms with Crippen molar-refractivity contribution < 1.29 is 22.7 Å². The molecule has 0 radical (unpaired) electrons. The molecular weight excluding hydrogens is 399 g/mol. The molecule has 30 heavy (non-hydrogen) atoms. The fourth-order valence-electron chi connectivity index (χ4n) is 4.23. The standard InChI is InChI=1S/C20H22F3N5O2/c1-3-30-16-5-4-11(2)26-17(16)18(29)28-10-12-6-14(15(28)7-12)27-19-24-8-13(9-25-19)20(21,22)23/h4-5,8-9,12,14-15H,3,6-7,10H2,1-2H3,(H,24,25,27)/t12-,14-,15+/m1/s1. The minimum absolute atomic E-state index is 0.106. The lowest BCUT2D eigenvalue weighted by Crippen LogP contribution is -2.48. The van der Waals surface area contributed by atoms with Gasteiger partial charge in [0.25, 0.3) is 5.91 Å². The molecule has 1 aliphatic carbocycles. The molecule has 1 aliphatic heterocycles. The van der Waals surface area contributed by atoms with Crippen molar-refractivity contribution in [3.8, 4) is 5.75 Å². The average molecular weight is 421 g/mol. The molecule has 10 heteroatoms. The van der Waals surface area contributed by atoms with Crippen molar-refractivity contribution in [3.05, 3.63) is 41.5 Å². The minimum atomic E-state index is -4.48. The number of pyridine rings is 1. The molecule has 1 saturated carbocycles. The molecule has 1 amide bonds. The Balaban J connectivity index is 1.50. The molecule has 160 valence electrons. The lowest BCUT2D eigenvalue weighted by Gasteiger charge is -2.33. The maximum absolute atomic E-state index is 13.2. The third-order valence-electron chi connectivity index (χ3n) is 5.54. The third kappa shape index (κ3) is 3.90. The first-order chi connectivity index (χ1) is 14.3. The number of aryl methyl sites for hydroxylation is 1. The monoisotopic (exact) mass is 421 g/mol. The zero-order valence-corrected chi connectivity index (χ0v) is 16.6. The van der Waals surface area contributed by atoms with Crippen molar-refractivity contribution in [2.45, 2.75) is 44.9 Å². The van der Waals surface area contributed by atoms with Crippen molar-refractivity contribution in [2.75, 3.05) is 18.5 Å². The summed E-state index contributed by atoms with van der Waals surface area (Å²) >= 11 is 0. The average Bonchev–Trinajstić information content (AvgIpc) is 3.29. The van der Waals surface area contributed by atoms with Gasteiger partial charge in [-0.1, -0.05) is 0 Å². The van der Waals surface area contributed by atoms with Crippen molar-refractivity contribution in [3.63, 3.8) is 0 Å². The van der Waals surface area contributed by atoms with E-state index in [0.29, 0.717) is 24.8 Å². The van der Waals surface area contributed by atoms with Gasteiger partial charge in [0, 0.05) is 30.7 Å².